The minimum atomic E-state index is 0.510. The van der Waals surface area contributed by atoms with Gasteiger partial charge in [-0.2, -0.15) is 5.10 Å². The molecule has 0 bridgehead atoms. The number of aromatic nitrogens is 3. The number of fused-ring (bicyclic) bond motifs is 1. The predicted molar refractivity (Wildman–Crippen MR) is 66.9 cm³/mol. The topological polar surface area (TPSA) is 30.7 Å². The van der Waals surface area contributed by atoms with Gasteiger partial charge in [0, 0.05) is 12.8 Å². The van der Waals surface area contributed by atoms with Gasteiger partial charge in [0.1, 0.15) is 5.82 Å². The van der Waals surface area contributed by atoms with Crippen molar-refractivity contribution < 1.29 is 0 Å². The Hall–Kier alpha value is -1.64. The minimum Gasteiger partial charge on any atom is -0.247 e. The molecule has 0 spiro atoms. The summed E-state index contributed by atoms with van der Waals surface area (Å²) >= 11 is 0. The molecule has 0 amide bonds. The Morgan fingerprint density at radius 3 is 2.88 bits per heavy atom. The van der Waals surface area contributed by atoms with Crippen molar-refractivity contribution in [2.75, 3.05) is 0 Å². The van der Waals surface area contributed by atoms with Gasteiger partial charge in [-0.1, -0.05) is 30.3 Å². The van der Waals surface area contributed by atoms with Crippen molar-refractivity contribution in [1.82, 2.24) is 14.8 Å². The maximum absolute atomic E-state index is 4.65. The van der Waals surface area contributed by atoms with Crippen LogP contribution >= 0.6 is 0 Å². The fourth-order valence-corrected chi connectivity index (χ4v) is 2.46. The van der Waals surface area contributed by atoms with Gasteiger partial charge in [0.15, 0.2) is 5.82 Å². The van der Waals surface area contributed by atoms with Gasteiger partial charge in [0.05, 0.1) is 6.04 Å². The summed E-state index contributed by atoms with van der Waals surface area (Å²) in [6, 6.07) is 10.9. The maximum Gasteiger partial charge on any atom is 0.155 e. The number of nitrogens with zero attached hydrogens (tertiary/aromatic N) is 3. The first-order valence-corrected chi connectivity index (χ1v) is 6.31. The number of hydrogen-bond acceptors (Lipinski definition) is 2. The summed E-state index contributed by atoms with van der Waals surface area (Å²) in [6.07, 6.45) is 4.38. The normalized spacial score (nSPS) is 19.0. The fourth-order valence-electron chi connectivity index (χ4n) is 2.46. The lowest BCUT2D eigenvalue weighted by molar-refractivity contribution is 0.387. The predicted octanol–water partition coefficient (Wildman–Crippen LogP) is 2.77. The second-order valence-corrected chi connectivity index (χ2v) is 4.79. The number of benzene rings is 1. The summed E-state index contributed by atoms with van der Waals surface area (Å²) in [4.78, 5) is 4.65. The van der Waals surface area contributed by atoms with Gasteiger partial charge in [0.25, 0.3) is 0 Å². The van der Waals surface area contributed by atoms with Crippen molar-refractivity contribution in [3.05, 3.63) is 47.5 Å². The minimum absolute atomic E-state index is 0.510. The molecule has 0 fully saturated rings. The van der Waals surface area contributed by atoms with E-state index in [1.807, 2.05) is 6.07 Å². The highest BCUT2D eigenvalue weighted by atomic mass is 15.4. The van der Waals surface area contributed by atoms with E-state index in [1.165, 1.54) is 18.4 Å². The van der Waals surface area contributed by atoms with Crippen LogP contribution in [-0.2, 0) is 12.8 Å². The molecule has 0 radical (unpaired) electrons. The standard InChI is InChI=1S/C14H17N3/c1-11-6-5-9-14-15-13(16-17(11)14)10-12-7-3-2-4-8-12/h2-4,7-8,11H,5-6,9-10H2,1H3. The molecule has 1 atom stereocenters. The lowest BCUT2D eigenvalue weighted by Gasteiger charge is -2.18. The van der Waals surface area contributed by atoms with Crippen molar-refractivity contribution in [1.29, 1.82) is 0 Å². The molecule has 17 heavy (non-hydrogen) atoms. The van der Waals surface area contributed by atoms with Crippen LogP contribution in [0.15, 0.2) is 30.3 Å². The van der Waals surface area contributed by atoms with Crippen molar-refractivity contribution in [3.8, 4) is 0 Å². The summed E-state index contributed by atoms with van der Waals surface area (Å²) in [6.45, 7) is 2.23. The third kappa shape index (κ3) is 2.09. The summed E-state index contributed by atoms with van der Waals surface area (Å²) in [5.74, 6) is 2.12. The van der Waals surface area contributed by atoms with E-state index < -0.39 is 0 Å². The van der Waals surface area contributed by atoms with Crippen LogP contribution in [0.5, 0.6) is 0 Å². The van der Waals surface area contributed by atoms with Crippen molar-refractivity contribution >= 4 is 0 Å². The Balaban J connectivity index is 1.85. The number of hydrogen-bond donors (Lipinski definition) is 0. The van der Waals surface area contributed by atoms with Crippen LogP contribution < -0.4 is 0 Å². The molecule has 88 valence electrons. The van der Waals surface area contributed by atoms with E-state index >= 15 is 0 Å². The molecule has 3 heteroatoms. The largest absolute Gasteiger partial charge is 0.247 e. The van der Waals surface area contributed by atoms with E-state index in [2.05, 4.69) is 46.0 Å². The average Bonchev–Trinajstić information content (AvgIpc) is 2.74. The lowest BCUT2D eigenvalue weighted by Crippen LogP contribution is -2.16. The van der Waals surface area contributed by atoms with E-state index in [9.17, 15) is 0 Å². The highest BCUT2D eigenvalue weighted by Gasteiger charge is 2.19. The molecular formula is C14H17N3. The van der Waals surface area contributed by atoms with E-state index in [0.717, 1.165) is 24.5 Å². The Morgan fingerprint density at radius 1 is 1.29 bits per heavy atom. The van der Waals surface area contributed by atoms with Gasteiger partial charge in [-0.15, -0.1) is 0 Å². The molecule has 0 saturated heterocycles. The molecule has 0 N–H and O–H groups in total. The average molecular weight is 227 g/mol. The van der Waals surface area contributed by atoms with Crippen LogP contribution in [0.4, 0.5) is 0 Å². The van der Waals surface area contributed by atoms with Gasteiger partial charge in [-0.3, -0.25) is 0 Å². The van der Waals surface area contributed by atoms with Gasteiger partial charge in [0.2, 0.25) is 0 Å². The first kappa shape index (κ1) is 10.5. The molecule has 3 rings (SSSR count). The van der Waals surface area contributed by atoms with Crippen LogP contribution in [0.25, 0.3) is 0 Å². The third-order valence-electron chi connectivity index (χ3n) is 3.39. The summed E-state index contributed by atoms with van der Waals surface area (Å²) < 4.78 is 2.11. The first-order chi connectivity index (χ1) is 8.33. The number of rotatable bonds is 2. The van der Waals surface area contributed by atoms with Crippen LogP contribution in [0.1, 0.15) is 43.0 Å². The molecule has 1 unspecified atom stereocenters. The summed E-state index contributed by atoms with van der Waals surface area (Å²) in [5, 5.41) is 4.63. The van der Waals surface area contributed by atoms with Crippen LogP contribution in [0, 0.1) is 0 Å². The molecule has 2 heterocycles. The highest BCUT2D eigenvalue weighted by molar-refractivity contribution is 5.19. The smallest absolute Gasteiger partial charge is 0.155 e. The second-order valence-electron chi connectivity index (χ2n) is 4.79. The van der Waals surface area contributed by atoms with Crippen LogP contribution in [0.2, 0.25) is 0 Å². The summed E-state index contributed by atoms with van der Waals surface area (Å²) in [5.41, 5.74) is 1.28. The molecule has 1 aliphatic heterocycles. The fraction of sp³-hybridized carbons (Fsp3) is 0.429. The lowest BCUT2D eigenvalue weighted by atomic mass is 10.1. The van der Waals surface area contributed by atoms with Gasteiger partial charge in [-0.25, -0.2) is 9.67 Å². The number of aryl methyl sites for hydroxylation is 1. The Kier molecular flexibility index (Phi) is 2.67. The van der Waals surface area contributed by atoms with Gasteiger partial charge in [-0.05, 0) is 25.3 Å². The third-order valence-corrected chi connectivity index (χ3v) is 3.39. The van der Waals surface area contributed by atoms with Crippen molar-refractivity contribution in [3.63, 3.8) is 0 Å². The molecule has 1 aliphatic rings. The molecule has 3 nitrogen and oxygen atoms in total. The zero-order valence-electron chi connectivity index (χ0n) is 10.1. The van der Waals surface area contributed by atoms with Crippen molar-refractivity contribution in [2.45, 2.75) is 38.6 Å². The molecule has 2 aromatic rings. The van der Waals surface area contributed by atoms with Crippen LogP contribution in [-0.4, -0.2) is 14.8 Å². The van der Waals surface area contributed by atoms with E-state index in [4.69, 9.17) is 0 Å². The van der Waals surface area contributed by atoms with Crippen molar-refractivity contribution in [2.24, 2.45) is 0 Å². The maximum atomic E-state index is 4.65. The molecule has 1 aromatic carbocycles. The zero-order valence-corrected chi connectivity index (χ0v) is 10.1. The van der Waals surface area contributed by atoms with E-state index in [-0.39, 0.29) is 0 Å². The van der Waals surface area contributed by atoms with E-state index in [0.29, 0.717) is 6.04 Å². The SMILES string of the molecule is CC1CCCc2nc(Cc3ccccc3)nn21. The monoisotopic (exact) mass is 227 g/mol. The first-order valence-electron chi connectivity index (χ1n) is 6.31. The quantitative estimate of drug-likeness (QED) is 0.789. The Labute approximate surface area is 101 Å². The molecular weight excluding hydrogens is 210 g/mol. The summed E-state index contributed by atoms with van der Waals surface area (Å²) in [7, 11) is 0. The Morgan fingerprint density at radius 2 is 2.12 bits per heavy atom. The highest BCUT2D eigenvalue weighted by Crippen LogP contribution is 2.22. The van der Waals surface area contributed by atoms with Crippen LogP contribution in [0.3, 0.4) is 0 Å². The molecule has 1 aromatic heterocycles. The second kappa shape index (κ2) is 4.32. The van der Waals surface area contributed by atoms with Gasteiger partial charge >= 0.3 is 0 Å². The Bertz CT molecular complexity index is 501. The molecule has 0 saturated carbocycles. The van der Waals surface area contributed by atoms with E-state index in [1.54, 1.807) is 0 Å². The van der Waals surface area contributed by atoms with Gasteiger partial charge < -0.3 is 0 Å². The zero-order chi connectivity index (χ0) is 11.7. The molecule has 0 aliphatic carbocycles.